The molecule has 0 radical (unpaired) electrons. The van der Waals surface area contributed by atoms with Crippen LogP contribution in [0.3, 0.4) is 0 Å². The van der Waals surface area contributed by atoms with Gasteiger partial charge in [0.15, 0.2) is 5.56 Å². The topological polar surface area (TPSA) is 108 Å². The van der Waals surface area contributed by atoms with E-state index in [-0.39, 0.29) is 0 Å². The average molecular weight is 300 g/mol. The van der Waals surface area contributed by atoms with Crippen LogP contribution in [-0.4, -0.2) is 10.8 Å². The van der Waals surface area contributed by atoms with Crippen LogP contribution < -0.4 is 10.9 Å². The number of anilines is 1. The van der Waals surface area contributed by atoms with Crippen molar-refractivity contribution < 1.29 is 14.1 Å². The fourth-order valence-corrected chi connectivity index (χ4v) is 1.71. The summed E-state index contributed by atoms with van der Waals surface area (Å²) < 4.78 is 13.7. The van der Waals surface area contributed by atoms with Gasteiger partial charge in [0, 0.05) is 6.07 Å². The number of hydrogen-bond donors (Lipinski definition) is 2. The summed E-state index contributed by atoms with van der Waals surface area (Å²) >= 11 is 0. The molecule has 0 spiro atoms. The molecule has 0 aliphatic heterocycles. The molecule has 8 heteroatoms. The molecule has 2 N–H and O–H groups in total. The van der Waals surface area contributed by atoms with Crippen LogP contribution in [0.25, 0.3) is 0 Å². The van der Waals surface area contributed by atoms with E-state index in [1.165, 1.54) is 24.3 Å². The first-order valence-corrected chi connectivity index (χ1v) is 6.02. The second-order valence-electron chi connectivity index (χ2n) is 4.16. The average Bonchev–Trinajstić information content (AvgIpc) is 2.52. The Hall–Kier alpha value is -3.47. The number of nitro benzene ring substituents is 1. The summed E-state index contributed by atoms with van der Waals surface area (Å²) in [5.41, 5.74) is 4.25. The summed E-state index contributed by atoms with van der Waals surface area (Å²) in [4.78, 5) is 21.9. The van der Waals surface area contributed by atoms with Gasteiger partial charge in [-0.3, -0.25) is 25.8 Å². The summed E-state index contributed by atoms with van der Waals surface area (Å²) in [7, 11) is 0. The Kier molecular flexibility index (Phi) is 4.29. The summed E-state index contributed by atoms with van der Waals surface area (Å²) in [6.07, 6.45) is 0. The van der Waals surface area contributed by atoms with Crippen LogP contribution in [0, 0.1) is 27.3 Å². The van der Waals surface area contributed by atoms with E-state index in [0.717, 1.165) is 18.2 Å². The van der Waals surface area contributed by atoms with E-state index in [2.05, 4.69) is 10.9 Å². The number of carbonyl (C=O) groups excluding carboxylic acids is 1. The molecular weight excluding hydrogens is 291 g/mol. The lowest BCUT2D eigenvalue weighted by Gasteiger charge is -2.09. The van der Waals surface area contributed by atoms with Gasteiger partial charge in [-0.25, -0.2) is 4.39 Å². The van der Waals surface area contributed by atoms with Crippen molar-refractivity contribution in [1.29, 1.82) is 5.26 Å². The van der Waals surface area contributed by atoms with Gasteiger partial charge in [-0.1, -0.05) is 6.07 Å². The highest BCUT2D eigenvalue weighted by Crippen LogP contribution is 2.21. The van der Waals surface area contributed by atoms with Crippen molar-refractivity contribution in [3.8, 4) is 6.07 Å². The number of benzene rings is 2. The van der Waals surface area contributed by atoms with Crippen molar-refractivity contribution in [2.75, 3.05) is 5.43 Å². The lowest BCUT2D eigenvalue weighted by Crippen LogP contribution is -2.30. The number of amides is 1. The predicted octanol–water partition coefficient (Wildman–Crippen LogP) is 2.36. The molecule has 0 heterocycles. The highest BCUT2D eigenvalue weighted by molar-refractivity contribution is 5.98. The van der Waals surface area contributed by atoms with Gasteiger partial charge in [0.05, 0.1) is 22.2 Å². The van der Waals surface area contributed by atoms with Crippen LogP contribution in [0.4, 0.5) is 15.8 Å². The van der Waals surface area contributed by atoms with Gasteiger partial charge in [0.2, 0.25) is 0 Å². The quantitative estimate of drug-likeness (QED) is 0.665. The summed E-state index contributed by atoms with van der Waals surface area (Å²) in [6.45, 7) is 0. The Labute approximate surface area is 124 Å². The number of halogens is 1. The molecule has 7 nitrogen and oxygen atoms in total. The molecule has 0 fully saturated rings. The highest BCUT2D eigenvalue weighted by Gasteiger charge is 2.24. The van der Waals surface area contributed by atoms with Crippen molar-refractivity contribution in [2.24, 2.45) is 0 Å². The van der Waals surface area contributed by atoms with Crippen molar-refractivity contribution >= 4 is 17.3 Å². The molecule has 0 atom stereocenters. The van der Waals surface area contributed by atoms with E-state index in [0.29, 0.717) is 11.3 Å². The number of carbonyl (C=O) groups is 1. The van der Waals surface area contributed by atoms with E-state index < -0.39 is 27.9 Å². The maximum absolute atomic E-state index is 13.7. The van der Waals surface area contributed by atoms with E-state index in [4.69, 9.17) is 5.26 Å². The van der Waals surface area contributed by atoms with E-state index in [1.54, 1.807) is 0 Å². The summed E-state index contributed by atoms with van der Waals surface area (Å²) in [5.74, 6) is -1.97. The third kappa shape index (κ3) is 3.16. The van der Waals surface area contributed by atoms with Crippen LogP contribution >= 0.6 is 0 Å². The standard InChI is InChI=1S/C14H9FN4O3/c15-11-2-1-3-12(19(21)22)13(11)14(20)18-17-10-6-4-9(8-16)5-7-10/h1-7,17H,(H,18,20). The maximum Gasteiger partial charge on any atom is 0.285 e. The number of nitrogens with zero attached hydrogens (tertiary/aromatic N) is 2. The number of nitrogens with one attached hydrogen (secondary N) is 2. The second kappa shape index (κ2) is 6.32. The molecule has 2 rings (SSSR count). The molecule has 1 amide bonds. The van der Waals surface area contributed by atoms with E-state index in [9.17, 15) is 19.3 Å². The lowest BCUT2D eigenvalue weighted by molar-refractivity contribution is -0.385. The largest absolute Gasteiger partial charge is 0.298 e. The maximum atomic E-state index is 13.7. The Balaban J connectivity index is 2.16. The van der Waals surface area contributed by atoms with E-state index >= 15 is 0 Å². The van der Waals surface area contributed by atoms with Gasteiger partial charge in [0.1, 0.15) is 5.82 Å². The van der Waals surface area contributed by atoms with Crippen LogP contribution in [0.15, 0.2) is 42.5 Å². The molecular formula is C14H9FN4O3. The predicted molar refractivity (Wildman–Crippen MR) is 75.3 cm³/mol. The first-order chi connectivity index (χ1) is 10.5. The van der Waals surface area contributed by atoms with Crippen molar-refractivity contribution in [3.05, 3.63) is 69.5 Å². The van der Waals surface area contributed by atoms with Crippen LogP contribution in [0.5, 0.6) is 0 Å². The number of nitro groups is 1. The van der Waals surface area contributed by atoms with Gasteiger partial charge < -0.3 is 0 Å². The molecule has 0 saturated carbocycles. The molecule has 0 aliphatic rings. The molecule has 2 aromatic carbocycles. The third-order valence-corrected chi connectivity index (χ3v) is 2.75. The molecule has 110 valence electrons. The smallest absolute Gasteiger partial charge is 0.285 e. The zero-order valence-electron chi connectivity index (χ0n) is 11.0. The minimum atomic E-state index is -0.992. The van der Waals surface area contributed by atoms with Gasteiger partial charge >= 0.3 is 0 Å². The molecule has 0 aliphatic carbocycles. The summed E-state index contributed by atoms with van der Waals surface area (Å²) in [5, 5.41) is 19.5. The molecule has 2 aromatic rings. The van der Waals surface area contributed by atoms with Gasteiger partial charge in [-0.2, -0.15) is 5.26 Å². The Morgan fingerprint density at radius 3 is 2.50 bits per heavy atom. The summed E-state index contributed by atoms with van der Waals surface area (Å²) in [6, 6.07) is 11.2. The van der Waals surface area contributed by atoms with Gasteiger partial charge in [-0.15, -0.1) is 0 Å². The first-order valence-electron chi connectivity index (χ1n) is 6.02. The minimum absolute atomic E-state index is 0.432. The Bertz CT molecular complexity index is 769. The van der Waals surface area contributed by atoms with Gasteiger partial charge in [0.25, 0.3) is 11.6 Å². The Morgan fingerprint density at radius 1 is 1.23 bits per heavy atom. The fourth-order valence-electron chi connectivity index (χ4n) is 1.71. The van der Waals surface area contributed by atoms with Crippen LogP contribution in [0.1, 0.15) is 15.9 Å². The third-order valence-electron chi connectivity index (χ3n) is 2.75. The highest BCUT2D eigenvalue weighted by atomic mass is 19.1. The first kappa shape index (κ1) is 14.9. The number of nitriles is 1. The van der Waals surface area contributed by atoms with Crippen molar-refractivity contribution in [2.45, 2.75) is 0 Å². The molecule has 0 bridgehead atoms. The number of rotatable bonds is 4. The molecule has 0 aromatic heterocycles. The van der Waals surface area contributed by atoms with Crippen LogP contribution in [0.2, 0.25) is 0 Å². The number of hydrogen-bond acceptors (Lipinski definition) is 5. The van der Waals surface area contributed by atoms with E-state index in [1.807, 2.05) is 6.07 Å². The van der Waals surface area contributed by atoms with Crippen molar-refractivity contribution in [1.82, 2.24) is 5.43 Å². The minimum Gasteiger partial charge on any atom is -0.298 e. The normalized spacial score (nSPS) is 9.64. The Morgan fingerprint density at radius 2 is 1.91 bits per heavy atom. The molecule has 22 heavy (non-hydrogen) atoms. The zero-order chi connectivity index (χ0) is 16.1. The molecule has 0 unspecified atom stereocenters. The van der Waals surface area contributed by atoms with Crippen LogP contribution in [-0.2, 0) is 0 Å². The monoisotopic (exact) mass is 300 g/mol. The van der Waals surface area contributed by atoms with Gasteiger partial charge in [-0.05, 0) is 30.3 Å². The zero-order valence-corrected chi connectivity index (χ0v) is 11.0. The van der Waals surface area contributed by atoms with Crippen molar-refractivity contribution in [3.63, 3.8) is 0 Å². The fraction of sp³-hybridized carbons (Fsp3) is 0. The number of hydrazine groups is 1. The molecule has 0 saturated heterocycles. The second-order valence-corrected chi connectivity index (χ2v) is 4.16. The lowest BCUT2D eigenvalue weighted by atomic mass is 10.1. The SMILES string of the molecule is N#Cc1ccc(NNC(=O)c2c(F)cccc2[N+](=O)[O-])cc1.